The van der Waals surface area contributed by atoms with Crippen molar-refractivity contribution < 1.29 is 14.7 Å². The van der Waals surface area contributed by atoms with E-state index in [0.29, 0.717) is 11.3 Å². The van der Waals surface area contributed by atoms with Crippen molar-refractivity contribution in [1.82, 2.24) is 0 Å². The Bertz CT molecular complexity index is 733. The van der Waals surface area contributed by atoms with Gasteiger partial charge in [0.15, 0.2) is 0 Å². The van der Waals surface area contributed by atoms with Crippen LogP contribution in [0.1, 0.15) is 15.9 Å². The van der Waals surface area contributed by atoms with Crippen LogP contribution in [0.15, 0.2) is 35.7 Å². The number of thiophene rings is 1. The number of carbonyl (C=O) groups is 2. The van der Waals surface area contributed by atoms with Crippen molar-refractivity contribution >= 4 is 34.0 Å². The first kappa shape index (κ1) is 14.6. The molecule has 0 aliphatic rings. The normalized spacial score (nSPS) is 9.71. The number of carboxylic acids is 1. The third-order valence-corrected chi connectivity index (χ3v) is 3.64. The summed E-state index contributed by atoms with van der Waals surface area (Å²) in [6, 6.07) is 9.59. The van der Waals surface area contributed by atoms with E-state index < -0.39 is 12.0 Å². The monoisotopic (exact) mass is 301 g/mol. The molecule has 0 saturated carbocycles. The SMILES string of the molecule is CN(C(=O)Nc1sccc1C(=O)O)c1ccccc1C#N. The molecule has 2 N–H and O–H groups in total. The number of aromatic carboxylic acids is 1. The average Bonchev–Trinajstić information content (AvgIpc) is 2.94. The number of benzene rings is 1. The molecule has 0 aliphatic carbocycles. The van der Waals surface area contributed by atoms with E-state index >= 15 is 0 Å². The molecule has 2 rings (SSSR count). The third kappa shape index (κ3) is 3.01. The number of nitrogens with zero attached hydrogens (tertiary/aromatic N) is 2. The van der Waals surface area contributed by atoms with Crippen LogP contribution in [0.4, 0.5) is 15.5 Å². The summed E-state index contributed by atoms with van der Waals surface area (Å²) in [5.74, 6) is -1.10. The van der Waals surface area contributed by atoms with E-state index in [0.717, 1.165) is 11.3 Å². The molecule has 0 unspecified atom stereocenters. The fraction of sp³-hybridized carbons (Fsp3) is 0.0714. The van der Waals surface area contributed by atoms with E-state index in [-0.39, 0.29) is 10.6 Å². The lowest BCUT2D eigenvalue weighted by Gasteiger charge is -2.18. The Morgan fingerprint density at radius 1 is 1.33 bits per heavy atom. The van der Waals surface area contributed by atoms with Gasteiger partial charge in [-0.2, -0.15) is 5.26 Å². The minimum atomic E-state index is -1.10. The topological polar surface area (TPSA) is 93.4 Å². The van der Waals surface area contributed by atoms with Crippen molar-refractivity contribution in [2.24, 2.45) is 0 Å². The molecule has 2 aromatic rings. The van der Waals surface area contributed by atoms with Crippen molar-refractivity contribution in [3.8, 4) is 6.07 Å². The molecule has 0 saturated heterocycles. The van der Waals surface area contributed by atoms with E-state index in [1.165, 1.54) is 18.0 Å². The molecule has 1 heterocycles. The first-order chi connectivity index (χ1) is 10.0. The van der Waals surface area contributed by atoms with Crippen LogP contribution < -0.4 is 10.2 Å². The molecule has 0 aliphatic heterocycles. The quantitative estimate of drug-likeness (QED) is 0.911. The van der Waals surface area contributed by atoms with E-state index in [1.807, 2.05) is 6.07 Å². The maximum absolute atomic E-state index is 12.2. The third-order valence-electron chi connectivity index (χ3n) is 2.81. The number of para-hydroxylation sites is 1. The van der Waals surface area contributed by atoms with Gasteiger partial charge in [0.25, 0.3) is 0 Å². The molecular weight excluding hydrogens is 290 g/mol. The highest BCUT2D eigenvalue weighted by molar-refractivity contribution is 7.14. The first-order valence-corrected chi connectivity index (χ1v) is 6.77. The number of carboxylic acid groups (broad SMARTS) is 1. The molecule has 0 radical (unpaired) electrons. The summed E-state index contributed by atoms with van der Waals surface area (Å²) in [7, 11) is 1.51. The zero-order valence-corrected chi connectivity index (χ0v) is 11.8. The van der Waals surface area contributed by atoms with Gasteiger partial charge in [-0.05, 0) is 23.6 Å². The lowest BCUT2D eigenvalue weighted by Crippen LogP contribution is -2.31. The molecule has 0 fully saturated rings. The van der Waals surface area contributed by atoms with Crippen LogP contribution in [0.5, 0.6) is 0 Å². The predicted molar refractivity (Wildman–Crippen MR) is 79.9 cm³/mol. The van der Waals surface area contributed by atoms with Gasteiger partial charge in [0.2, 0.25) is 0 Å². The predicted octanol–water partition coefficient (Wildman–Crippen LogP) is 2.99. The summed E-state index contributed by atoms with van der Waals surface area (Å²) in [5.41, 5.74) is 0.848. The van der Waals surface area contributed by atoms with Gasteiger partial charge >= 0.3 is 12.0 Å². The number of nitrogens with one attached hydrogen (secondary N) is 1. The van der Waals surface area contributed by atoms with E-state index in [9.17, 15) is 9.59 Å². The van der Waals surface area contributed by atoms with Crippen LogP contribution in [0.25, 0.3) is 0 Å². The summed E-state index contributed by atoms with van der Waals surface area (Å²) in [5, 5.41) is 22.4. The zero-order valence-electron chi connectivity index (χ0n) is 11.0. The summed E-state index contributed by atoms with van der Waals surface area (Å²) in [4.78, 5) is 24.4. The number of carbonyl (C=O) groups excluding carboxylic acids is 1. The lowest BCUT2D eigenvalue weighted by atomic mass is 10.2. The summed E-state index contributed by atoms with van der Waals surface area (Å²) < 4.78 is 0. The summed E-state index contributed by atoms with van der Waals surface area (Å²) in [6.07, 6.45) is 0. The van der Waals surface area contributed by atoms with Gasteiger partial charge in [-0.3, -0.25) is 10.2 Å². The number of amides is 2. The highest BCUT2D eigenvalue weighted by Gasteiger charge is 2.18. The molecule has 106 valence electrons. The number of anilines is 2. The largest absolute Gasteiger partial charge is 0.478 e. The van der Waals surface area contributed by atoms with Crippen LogP contribution in [-0.2, 0) is 0 Å². The maximum atomic E-state index is 12.2. The molecule has 0 bridgehead atoms. The Morgan fingerprint density at radius 3 is 2.71 bits per heavy atom. The Kier molecular flexibility index (Phi) is 4.21. The van der Waals surface area contributed by atoms with Gasteiger partial charge in [-0.25, -0.2) is 9.59 Å². The van der Waals surface area contributed by atoms with Crippen LogP contribution in [-0.4, -0.2) is 24.2 Å². The van der Waals surface area contributed by atoms with E-state index in [2.05, 4.69) is 5.32 Å². The second-order valence-corrected chi connectivity index (χ2v) is 5.00. The van der Waals surface area contributed by atoms with Crippen molar-refractivity contribution in [2.45, 2.75) is 0 Å². The van der Waals surface area contributed by atoms with Gasteiger partial charge < -0.3 is 5.11 Å². The van der Waals surface area contributed by atoms with Gasteiger partial charge in [0, 0.05) is 7.05 Å². The van der Waals surface area contributed by atoms with Gasteiger partial charge in [-0.15, -0.1) is 11.3 Å². The highest BCUT2D eigenvalue weighted by atomic mass is 32.1. The van der Waals surface area contributed by atoms with Crippen LogP contribution in [0.2, 0.25) is 0 Å². The number of hydrogen-bond donors (Lipinski definition) is 2. The summed E-state index contributed by atoms with van der Waals surface area (Å²) >= 11 is 1.12. The fourth-order valence-corrected chi connectivity index (χ4v) is 2.49. The van der Waals surface area contributed by atoms with Crippen molar-refractivity contribution in [3.63, 3.8) is 0 Å². The van der Waals surface area contributed by atoms with Crippen LogP contribution >= 0.6 is 11.3 Å². The van der Waals surface area contributed by atoms with Crippen molar-refractivity contribution in [1.29, 1.82) is 5.26 Å². The van der Waals surface area contributed by atoms with Crippen LogP contribution in [0, 0.1) is 11.3 Å². The molecule has 6 nitrogen and oxygen atoms in total. The zero-order chi connectivity index (χ0) is 15.4. The van der Waals surface area contributed by atoms with Crippen molar-refractivity contribution in [3.05, 3.63) is 46.8 Å². The summed E-state index contributed by atoms with van der Waals surface area (Å²) in [6.45, 7) is 0. The maximum Gasteiger partial charge on any atom is 0.338 e. The molecule has 0 atom stereocenters. The molecule has 7 heteroatoms. The molecular formula is C14H11N3O3S. The Balaban J connectivity index is 2.22. The van der Waals surface area contributed by atoms with E-state index in [1.54, 1.807) is 29.6 Å². The molecule has 0 spiro atoms. The van der Waals surface area contributed by atoms with Gasteiger partial charge in [0.1, 0.15) is 11.1 Å². The average molecular weight is 301 g/mol. The second kappa shape index (κ2) is 6.07. The minimum Gasteiger partial charge on any atom is -0.478 e. The molecule has 21 heavy (non-hydrogen) atoms. The fourth-order valence-electron chi connectivity index (χ4n) is 1.73. The standard InChI is InChI=1S/C14H11N3O3S/c1-17(11-5-3-2-4-9(11)8-15)14(20)16-12-10(13(18)19)6-7-21-12/h2-7H,1H3,(H,16,20)(H,18,19). The van der Waals surface area contributed by atoms with Gasteiger partial charge in [-0.1, -0.05) is 12.1 Å². The van der Waals surface area contributed by atoms with Crippen LogP contribution in [0.3, 0.4) is 0 Å². The molecule has 1 aromatic carbocycles. The number of nitriles is 1. The Hall–Kier alpha value is -2.85. The minimum absolute atomic E-state index is 0.0373. The number of urea groups is 1. The molecule has 1 aromatic heterocycles. The smallest absolute Gasteiger partial charge is 0.338 e. The second-order valence-electron chi connectivity index (χ2n) is 4.09. The number of hydrogen-bond acceptors (Lipinski definition) is 4. The Morgan fingerprint density at radius 2 is 2.05 bits per heavy atom. The van der Waals surface area contributed by atoms with E-state index in [4.69, 9.17) is 10.4 Å². The first-order valence-electron chi connectivity index (χ1n) is 5.89. The lowest BCUT2D eigenvalue weighted by molar-refractivity contribution is 0.0698. The Labute approximate surface area is 124 Å². The highest BCUT2D eigenvalue weighted by Crippen LogP contribution is 2.25. The molecule has 2 amide bonds. The van der Waals surface area contributed by atoms with Gasteiger partial charge in [0.05, 0.1) is 16.8 Å². The number of rotatable bonds is 3. The van der Waals surface area contributed by atoms with Crippen molar-refractivity contribution in [2.75, 3.05) is 17.3 Å².